The Morgan fingerprint density at radius 1 is 1.06 bits per heavy atom. The van der Waals surface area contributed by atoms with Crippen LogP contribution in [0.15, 0.2) is 0 Å². The van der Waals surface area contributed by atoms with Crippen LogP contribution in [0.4, 0.5) is 0 Å². The maximum atomic E-state index is 6.13. The van der Waals surface area contributed by atoms with E-state index in [0.29, 0.717) is 0 Å². The normalized spacial score (nSPS) is 38.8. The lowest BCUT2D eigenvalue weighted by Gasteiger charge is -2.47. The van der Waals surface area contributed by atoms with Crippen molar-refractivity contribution in [1.82, 2.24) is 15.3 Å². The Morgan fingerprint density at radius 2 is 1.89 bits per heavy atom. The van der Waals surface area contributed by atoms with Crippen LogP contribution in [-0.4, -0.2) is 54.2 Å². The quantitative estimate of drug-likeness (QED) is 0.784. The minimum absolute atomic E-state index is 0.183. The van der Waals surface area contributed by atoms with Gasteiger partial charge in [0.05, 0.1) is 0 Å². The fourth-order valence-electron chi connectivity index (χ4n) is 4.01. The van der Waals surface area contributed by atoms with Crippen LogP contribution in [0.1, 0.15) is 44.9 Å². The summed E-state index contributed by atoms with van der Waals surface area (Å²) in [6.45, 7) is 5.75. The van der Waals surface area contributed by atoms with E-state index in [2.05, 4.69) is 15.3 Å². The van der Waals surface area contributed by atoms with Gasteiger partial charge in [0.25, 0.3) is 0 Å². The Morgan fingerprint density at radius 3 is 2.67 bits per heavy atom. The molecule has 3 aliphatic rings. The van der Waals surface area contributed by atoms with Gasteiger partial charge < -0.3 is 10.6 Å². The average Bonchev–Trinajstić information content (AvgIpc) is 2.87. The van der Waals surface area contributed by atoms with Crippen LogP contribution in [0, 0.1) is 0 Å². The van der Waals surface area contributed by atoms with E-state index in [4.69, 9.17) is 5.73 Å². The third-order valence-electron chi connectivity index (χ3n) is 5.15. The summed E-state index contributed by atoms with van der Waals surface area (Å²) < 4.78 is 0. The molecular formula is C14H28N4. The summed E-state index contributed by atoms with van der Waals surface area (Å²) >= 11 is 0. The molecule has 3 aliphatic heterocycles. The van der Waals surface area contributed by atoms with Crippen molar-refractivity contribution < 1.29 is 0 Å². The van der Waals surface area contributed by atoms with E-state index in [-0.39, 0.29) is 5.54 Å². The highest BCUT2D eigenvalue weighted by Crippen LogP contribution is 2.33. The zero-order valence-electron chi connectivity index (χ0n) is 11.5. The summed E-state index contributed by atoms with van der Waals surface area (Å²) in [4.78, 5) is 2.67. The molecule has 0 aromatic heterocycles. The van der Waals surface area contributed by atoms with Crippen LogP contribution in [0.2, 0.25) is 0 Å². The Balaban J connectivity index is 1.62. The van der Waals surface area contributed by atoms with Gasteiger partial charge in [-0.3, -0.25) is 0 Å². The molecule has 3 N–H and O–H groups in total. The summed E-state index contributed by atoms with van der Waals surface area (Å²) in [5, 5.41) is 2.45. The zero-order valence-corrected chi connectivity index (χ0v) is 11.5. The molecule has 3 heterocycles. The molecule has 0 aromatic rings. The maximum Gasteiger partial charge on any atom is 0.0475 e. The third kappa shape index (κ3) is 2.57. The molecule has 4 nitrogen and oxygen atoms in total. The lowest BCUT2D eigenvalue weighted by molar-refractivity contribution is 0.0271. The summed E-state index contributed by atoms with van der Waals surface area (Å²) in [5.41, 5.74) is 10.1. The molecule has 0 bridgehead atoms. The lowest BCUT2D eigenvalue weighted by atomic mass is 9.84. The van der Waals surface area contributed by atoms with Gasteiger partial charge in [-0.1, -0.05) is 6.42 Å². The molecule has 0 saturated carbocycles. The van der Waals surface area contributed by atoms with Crippen LogP contribution in [-0.2, 0) is 0 Å². The highest BCUT2D eigenvalue weighted by Gasteiger charge is 2.41. The minimum Gasteiger partial charge on any atom is -0.329 e. The lowest BCUT2D eigenvalue weighted by Crippen LogP contribution is -2.64. The van der Waals surface area contributed by atoms with Crippen molar-refractivity contribution in [3.63, 3.8) is 0 Å². The molecule has 18 heavy (non-hydrogen) atoms. The van der Waals surface area contributed by atoms with E-state index in [1.165, 1.54) is 71.1 Å². The Bertz CT molecular complexity index is 277. The summed E-state index contributed by atoms with van der Waals surface area (Å²) in [7, 11) is 0. The van der Waals surface area contributed by atoms with Gasteiger partial charge in [0.2, 0.25) is 0 Å². The van der Waals surface area contributed by atoms with Gasteiger partial charge in [0.15, 0.2) is 0 Å². The molecule has 3 saturated heterocycles. The largest absolute Gasteiger partial charge is 0.329 e. The van der Waals surface area contributed by atoms with E-state index in [0.717, 1.165) is 12.6 Å². The van der Waals surface area contributed by atoms with Gasteiger partial charge in [0, 0.05) is 37.8 Å². The van der Waals surface area contributed by atoms with Crippen LogP contribution >= 0.6 is 0 Å². The SMILES string of the molecule is NCC1(NN2CCCCC2)CCN2CCCC2C1. The number of rotatable bonds is 3. The molecule has 0 radical (unpaired) electrons. The second-order valence-corrected chi connectivity index (χ2v) is 6.43. The topological polar surface area (TPSA) is 44.5 Å². The number of hydrazine groups is 1. The van der Waals surface area contributed by atoms with Gasteiger partial charge in [0.1, 0.15) is 0 Å². The molecule has 4 heteroatoms. The van der Waals surface area contributed by atoms with Crippen molar-refractivity contribution in [3.05, 3.63) is 0 Å². The second-order valence-electron chi connectivity index (χ2n) is 6.43. The van der Waals surface area contributed by atoms with Crippen molar-refractivity contribution in [2.45, 2.75) is 56.5 Å². The first kappa shape index (κ1) is 12.9. The number of nitrogens with one attached hydrogen (secondary N) is 1. The fraction of sp³-hybridized carbons (Fsp3) is 1.00. The predicted molar refractivity (Wildman–Crippen MR) is 74.2 cm³/mol. The first-order valence-corrected chi connectivity index (χ1v) is 7.78. The number of hydrogen-bond donors (Lipinski definition) is 2. The Hall–Kier alpha value is -0.160. The smallest absolute Gasteiger partial charge is 0.0475 e. The summed E-state index contributed by atoms with van der Waals surface area (Å²) in [6.07, 6.45) is 9.30. The monoisotopic (exact) mass is 252 g/mol. The molecule has 0 amide bonds. The summed E-state index contributed by atoms with van der Waals surface area (Å²) in [6, 6.07) is 0.791. The molecular weight excluding hydrogens is 224 g/mol. The van der Waals surface area contributed by atoms with Crippen LogP contribution in [0.25, 0.3) is 0 Å². The molecule has 0 spiro atoms. The van der Waals surface area contributed by atoms with Crippen molar-refractivity contribution in [1.29, 1.82) is 0 Å². The predicted octanol–water partition coefficient (Wildman–Crippen LogP) is 0.933. The standard InChI is InChI=1S/C14H28N4/c15-12-14(16-18-8-2-1-3-9-18)6-10-17-7-4-5-13(17)11-14/h13,16H,1-12,15H2. The Kier molecular flexibility index (Phi) is 3.89. The third-order valence-corrected chi connectivity index (χ3v) is 5.15. The minimum atomic E-state index is 0.183. The van der Waals surface area contributed by atoms with Crippen molar-refractivity contribution >= 4 is 0 Å². The molecule has 104 valence electrons. The number of hydrogen-bond acceptors (Lipinski definition) is 4. The maximum absolute atomic E-state index is 6.13. The number of nitrogens with zero attached hydrogens (tertiary/aromatic N) is 2. The summed E-state index contributed by atoms with van der Waals surface area (Å²) in [5.74, 6) is 0. The highest BCUT2D eigenvalue weighted by molar-refractivity contribution is 5.00. The number of fused-ring (bicyclic) bond motifs is 1. The average molecular weight is 252 g/mol. The van der Waals surface area contributed by atoms with Gasteiger partial charge >= 0.3 is 0 Å². The second kappa shape index (κ2) is 5.45. The van der Waals surface area contributed by atoms with Crippen molar-refractivity contribution in [2.24, 2.45) is 5.73 Å². The van der Waals surface area contributed by atoms with Gasteiger partial charge in [-0.25, -0.2) is 10.4 Å². The van der Waals surface area contributed by atoms with E-state index in [1.54, 1.807) is 0 Å². The molecule has 2 atom stereocenters. The molecule has 0 aliphatic carbocycles. The molecule has 2 unspecified atom stereocenters. The van der Waals surface area contributed by atoms with Gasteiger partial charge in [-0.05, 0) is 45.1 Å². The number of nitrogens with two attached hydrogens (primary N) is 1. The van der Waals surface area contributed by atoms with E-state index in [9.17, 15) is 0 Å². The van der Waals surface area contributed by atoms with Crippen LogP contribution in [0.3, 0.4) is 0 Å². The van der Waals surface area contributed by atoms with Crippen LogP contribution < -0.4 is 11.2 Å². The van der Waals surface area contributed by atoms with Crippen LogP contribution in [0.5, 0.6) is 0 Å². The van der Waals surface area contributed by atoms with E-state index in [1.807, 2.05) is 0 Å². The van der Waals surface area contributed by atoms with Gasteiger partial charge in [-0.15, -0.1) is 0 Å². The highest BCUT2D eigenvalue weighted by atomic mass is 15.5. The van der Waals surface area contributed by atoms with Gasteiger partial charge in [-0.2, -0.15) is 0 Å². The molecule has 3 fully saturated rings. The fourth-order valence-corrected chi connectivity index (χ4v) is 4.01. The van der Waals surface area contributed by atoms with Crippen molar-refractivity contribution in [2.75, 3.05) is 32.7 Å². The van der Waals surface area contributed by atoms with Crippen molar-refractivity contribution in [3.8, 4) is 0 Å². The molecule has 0 aromatic carbocycles. The number of piperidine rings is 2. The first-order chi connectivity index (χ1) is 8.81. The molecule has 3 rings (SSSR count). The Labute approximate surface area is 111 Å². The van der Waals surface area contributed by atoms with E-state index < -0.39 is 0 Å². The first-order valence-electron chi connectivity index (χ1n) is 7.78. The zero-order chi connectivity index (χ0) is 12.4. The van der Waals surface area contributed by atoms with E-state index >= 15 is 0 Å².